The Morgan fingerprint density at radius 2 is 2.25 bits per heavy atom. The zero-order valence-electron chi connectivity index (χ0n) is 9.35. The maximum absolute atomic E-state index is 12.9. The van der Waals surface area contributed by atoms with E-state index in [0.717, 1.165) is 6.42 Å². The summed E-state index contributed by atoms with van der Waals surface area (Å²) in [6.07, 6.45) is 0.913. The molecule has 1 aromatic carbocycles. The minimum Gasteiger partial charge on any atom is -0.296 e. The highest BCUT2D eigenvalue weighted by atomic mass is 35.5. The average molecular weight is 241 g/mol. The Kier molecular flexibility index (Phi) is 4.28. The third-order valence-corrected chi connectivity index (χ3v) is 2.73. The summed E-state index contributed by atoms with van der Waals surface area (Å²) in [7, 11) is 0. The third-order valence-electron chi connectivity index (χ3n) is 2.42. The lowest BCUT2D eigenvalue weighted by molar-refractivity contribution is 0.465. The molecule has 16 heavy (non-hydrogen) atoms. The summed E-state index contributed by atoms with van der Waals surface area (Å²) in [5.41, 5.74) is -0.271. The predicted molar refractivity (Wildman–Crippen MR) is 62.7 cm³/mol. The SMILES string of the molecule is CCCNC(C)(C#N)c1ccc(F)cc1Cl. The quantitative estimate of drug-likeness (QED) is 0.877. The zero-order chi connectivity index (χ0) is 12.2. The first kappa shape index (κ1) is 13.0. The molecule has 0 amide bonds. The molecule has 0 aliphatic heterocycles. The molecular weight excluding hydrogens is 227 g/mol. The second kappa shape index (κ2) is 5.29. The van der Waals surface area contributed by atoms with Gasteiger partial charge in [0.25, 0.3) is 0 Å². The molecular formula is C12H14ClFN2. The fraction of sp³-hybridized carbons (Fsp3) is 0.417. The van der Waals surface area contributed by atoms with Crippen LogP contribution in [0.3, 0.4) is 0 Å². The third kappa shape index (κ3) is 2.72. The maximum atomic E-state index is 12.9. The second-order valence-corrected chi connectivity index (χ2v) is 4.19. The molecule has 0 bridgehead atoms. The number of nitriles is 1. The van der Waals surface area contributed by atoms with Gasteiger partial charge < -0.3 is 0 Å². The molecule has 0 spiro atoms. The Balaban J connectivity index is 3.08. The maximum Gasteiger partial charge on any atom is 0.130 e. The second-order valence-electron chi connectivity index (χ2n) is 3.79. The van der Waals surface area contributed by atoms with Gasteiger partial charge in [-0.05, 0) is 32.0 Å². The van der Waals surface area contributed by atoms with Gasteiger partial charge in [0.15, 0.2) is 0 Å². The van der Waals surface area contributed by atoms with Gasteiger partial charge in [-0.15, -0.1) is 0 Å². The van der Waals surface area contributed by atoms with Crippen molar-refractivity contribution in [1.82, 2.24) is 5.32 Å². The summed E-state index contributed by atoms with van der Waals surface area (Å²) >= 11 is 5.94. The van der Waals surface area contributed by atoms with Crippen molar-refractivity contribution in [2.45, 2.75) is 25.8 Å². The van der Waals surface area contributed by atoms with Crippen LogP contribution in [0.1, 0.15) is 25.8 Å². The van der Waals surface area contributed by atoms with Crippen LogP contribution in [0.5, 0.6) is 0 Å². The Bertz CT molecular complexity index is 414. The van der Waals surface area contributed by atoms with Gasteiger partial charge in [-0.2, -0.15) is 5.26 Å². The lowest BCUT2D eigenvalue weighted by Gasteiger charge is -2.24. The summed E-state index contributed by atoms with van der Waals surface area (Å²) in [5, 5.41) is 12.6. The van der Waals surface area contributed by atoms with Crippen molar-refractivity contribution in [3.63, 3.8) is 0 Å². The fourth-order valence-corrected chi connectivity index (χ4v) is 1.82. The Morgan fingerprint density at radius 1 is 1.56 bits per heavy atom. The van der Waals surface area contributed by atoms with Crippen molar-refractivity contribution in [2.75, 3.05) is 6.54 Å². The molecule has 1 N–H and O–H groups in total. The minimum absolute atomic E-state index is 0.271. The van der Waals surface area contributed by atoms with E-state index in [2.05, 4.69) is 11.4 Å². The molecule has 2 nitrogen and oxygen atoms in total. The monoisotopic (exact) mass is 240 g/mol. The highest BCUT2D eigenvalue weighted by Crippen LogP contribution is 2.28. The molecule has 0 aliphatic carbocycles. The topological polar surface area (TPSA) is 35.8 Å². The van der Waals surface area contributed by atoms with Crippen molar-refractivity contribution in [3.8, 4) is 6.07 Å². The summed E-state index contributed by atoms with van der Waals surface area (Å²) in [4.78, 5) is 0. The van der Waals surface area contributed by atoms with Gasteiger partial charge in [-0.3, -0.25) is 5.32 Å². The first-order valence-electron chi connectivity index (χ1n) is 5.15. The van der Waals surface area contributed by atoms with E-state index in [9.17, 15) is 9.65 Å². The van der Waals surface area contributed by atoms with E-state index in [1.807, 2.05) is 6.92 Å². The molecule has 0 fully saturated rings. The number of benzene rings is 1. The molecule has 1 rings (SSSR count). The molecule has 86 valence electrons. The molecule has 0 aliphatic rings. The summed E-state index contributed by atoms with van der Waals surface area (Å²) < 4.78 is 12.9. The smallest absolute Gasteiger partial charge is 0.130 e. The highest BCUT2D eigenvalue weighted by molar-refractivity contribution is 6.31. The van der Waals surface area contributed by atoms with E-state index in [1.54, 1.807) is 13.0 Å². The largest absolute Gasteiger partial charge is 0.296 e. The minimum atomic E-state index is -0.874. The molecule has 1 unspecified atom stereocenters. The Hall–Kier alpha value is -1.11. The van der Waals surface area contributed by atoms with E-state index < -0.39 is 11.4 Å². The van der Waals surface area contributed by atoms with Gasteiger partial charge in [0, 0.05) is 10.6 Å². The predicted octanol–water partition coefficient (Wildman–Crippen LogP) is 3.22. The van der Waals surface area contributed by atoms with E-state index in [4.69, 9.17) is 11.6 Å². The summed E-state index contributed by atoms with van der Waals surface area (Å²) in [6.45, 7) is 4.45. The summed E-state index contributed by atoms with van der Waals surface area (Å²) in [5.74, 6) is -0.399. The Labute approximate surface area is 100 Å². The van der Waals surface area contributed by atoms with Crippen molar-refractivity contribution in [2.24, 2.45) is 0 Å². The van der Waals surface area contributed by atoms with E-state index >= 15 is 0 Å². The fourth-order valence-electron chi connectivity index (χ4n) is 1.46. The van der Waals surface area contributed by atoms with Crippen LogP contribution < -0.4 is 5.32 Å². The van der Waals surface area contributed by atoms with Gasteiger partial charge in [0.05, 0.1) is 6.07 Å². The highest BCUT2D eigenvalue weighted by Gasteiger charge is 2.27. The van der Waals surface area contributed by atoms with Crippen LogP contribution >= 0.6 is 11.6 Å². The lowest BCUT2D eigenvalue weighted by Crippen LogP contribution is -2.38. The molecule has 0 saturated carbocycles. The molecule has 0 heterocycles. The normalized spacial score (nSPS) is 14.2. The van der Waals surface area contributed by atoms with Gasteiger partial charge in [-0.1, -0.05) is 24.6 Å². The van der Waals surface area contributed by atoms with E-state index in [0.29, 0.717) is 12.1 Å². The number of nitrogens with one attached hydrogen (secondary N) is 1. The first-order valence-corrected chi connectivity index (χ1v) is 5.53. The van der Waals surface area contributed by atoms with Gasteiger partial charge in [0.1, 0.15) is 11.4 Å². The van der Waals surface area contributed by atoms with Crippen LogP contribution in [0.15, 0.2) is 18.2 Å². The van der Waals surface area contributed by atoms with E-state index in [-0.39, 0.29) is 5.02 Å². The van der Waals surface area contributed by atoms with Crippen LogP contribution in [0.25, 0.3) is 0 Å². The van der Waals surface area contributed by atoms with Gasteiger partial charge in [0.2, 0.25) is 0 Å². The van der Waals surface area contributed by atoms with Crippen molar-refractivity contribution < 1.29 is 4.39 Å². The number of hydrogen-bond acceptors (Lipinski definition) is 2. The van der Waals surface area contributed by atoms with Crippen molar-refractivity contribution in [1.29, 1.82) is 5.26 Å². The standard InChI is InChI=1S/C12H14ClFN2/c1-3-6-16-12(2,8-15)10-5-4-9(14)7-11(10)13/h4-5,7,16H,3,6H2,1-2H3. The lowest BCUT2D eigenvalue weighted by atomic mass is 9.93. The number of nitrogens with zero attached hydrogens (tertiary/aromatic N) is 1. The number of rotatable bonds is 4. The average Bonchev–Trinajstić information content (AvgIpc) is 2.26. The molecule has 0 aromatic heterocycles. The molecule has 0 radical (unpaired) electrons. The van der Waals surface area contributed by atoms with Crippen LogP contribution in [0.2, 0.25) is 5.02 Å². The van der Waals surface area contributed by atoms with Crippen molar-refractivity contribution in [3.05, 3.63) is 34.6 Å². The van der Waals surface area contributed by atoms with Crippen LogP contribution in [-0.4, -0.2) is 6.54 Å². The molecule has 4 heteroatoms. The van der Waals surface area contributed by atoms with Gasteiger partial charge in [-0.25, -0.2) is 4.39 Å². The van der Waals surface area contributed by atoms with E-state index in [1.165, 1.54) is 12.1 Å². The molecule has 1 aromatic rings. The number of hydrogen-bond donors (Lipinski definition) is 1. The van der Waals surface area contributed by atoms with Gasteiger partial charge >= 0.3 is 0 Å². The van der Waals surface area contributed by atoms with Crippen LogP contribution in [-0.2, 0) is 5.54 Å². The van der Waals surface area contributed by atoms with Crippen LogP contribution in [0, 0.1) is 17.1 Å². The van der Waals surface area contributed by atoms with Crippen LogP contribution in [0.4, 0.5) is 4.39 Å². The Morgan fingerprint density at radius 3 is 2.75 bits per heavy atom. The van der Waals surface area contributed by atoms with Crippen molar-refractivity contribution >= 4 is 11.6 Å². The number of halogens is 2. The molecule has 1 atom stereocenters. The molecule has 0 saturated heterocycles. The summed E-state index contributed by atoms with van der Waals surface area (Å²) in [6, 6.07) is 6.25. The zero-order valence-corrected chi connectivity index (χ0v) is 10.1. The first-order chi connectivity index (χ1) is 7.53.